The molecule has 1 aromatic carbocycles. The molecular formula is C18H26N2O3. The van der Waals surface area contributed by atoms with E-state index in [1.165, 1.54) is 0 Å². The number of ether oxygens (including phenoxy) is 1. The van der Waals surface area contributed by atoms with Crippen LogP contribution in [0.3, 0.4) is 0 Å². The van der Waals surface area contributed by atoms with Gasteiger partial charge in [-0.1, -0.05) is 12.1 Å². The van der Waals surface area contributed by atoms with E-state index in [1.54, 1.807) is 12.0 Å². The molecule has 1 aliphatic heterocycles. The number of methoxy groups -OCH3 is 1. The molecule has 5 nitrogen and oxygen atoms in total. The molecular weight excluding hydrogens is 292 g/mol. The van der Waals surface area contributed by atoms with Crippen molar-refractivity contribution >= 4 is 17.5 Å². The minimum atomic E-state index is -0.831. The quantitative estimate of drug-likeness (QED) is 0.819. The van der Waals surface area contributed by atoms with Crippen LogP contribution in [0.5, 0.6) is 0 Å². The second kappa shape index (κ2) is 7.13. The van der Waals surface area contributed by atoms with E-state index in [9.17, 15) is 9.59 Å². The molecule has 1 fully saturated rings. The Morgan fingerprint density at radius 3 is 2.83 bits per heavy atom. The van der Waals surface area contributed by atoms with Crippen LogP contribution in [-0.2, 0) is 14.3 Å². The molecule has 1 atom stereocenters. The summed E-state index contributed by atoms with van der Waals surface area (Å²) in [5.74, 6) is -0.0893. The number of rotatable bonds is 6. The van der Waals surface area contributed by atoms with Crippen molar-refractivity contribution in [1.29, 1.82) is 0 Å². The van der Waals surface area contributed by atoms with Crippen molar-refractivity contribution < 1.29 is 14.3 Å². The smallest absolute Gasteiger partial charge is 0.246 e. The summed E-state index contributed by atoms with van der Waals surface area (Å²) in [4.78, 5) is 26.9. The highest BCUT2D eigenvalue weighted by molar-refractivity contribution is 6.07. The van der Waals surface area contributed by atoms with Gasteiger partial charge in [0.15, 0.2) is 0 Å². The average molecular weight is 318 g/mol. The maximum absolute atomic E-state index is 12.7. The first kappa shape index (κ1) is 17.5. The van der Waals surface area contributed by atoms with Crippen molar-refractivity contribution in [3.8, 4) is 0 Å². The van der Waals surface area contributed by atoms with Crippen LogP contribution in [0.4, 0.5) is 5.69 Å². The Morgan fingerprint density at radius 1 is 1.39 bits per heavy atom. The number of nitrogens with one attached hydrogen (secondary N) is 1. The number of hydrogen-bond acceptors (Lipinski definition) is 3. The third-order valence-electron chi connectivity index (χ3n) is 4.69. The predicted octanol–water partition coefficient (Wildman–Crippen LogP) is 2.34. The average Bonchev–Trinajstić information content (AvgIpc) is 2.83. The van der Waals surface area contributed by atoms with E-state index in [2.05, 4.69) is 5.32 Å². The predicted molar refractivity (Wildman–Crippen MR) is 90.5 cm³/mol. The zero-order valence-electron chi connectivity index (χ0n) is 14.4. The summed E-state index contributed by atoms with van der Waals surface area (Å²) in [6.45, 7) is 7.02. The first-order chi connectivity index (χ1) is 10.9. The molecule has 2 amide bonds. The molecule has 0 spiro atoms. The molecule has 0 radical (unpaired) electrons. The van der Waals surface area contributed by atoms with Crippen LogP contribution >= 0.6 is 0 Å². The minimum absolute atomic E-state index is 0.00763. The van der Waals surface area contributed by atoms with Gasteiger partial charge in [-0.3, -0.25) is 14.5 Å². The number of benzene rings is 1. The van der Waals surface area contributed by atoms with Crippen LogP contribution in [0.2, 0.25) is 0 Å². The summed E-state index contributed by atoms with van der Waals surface area (Å²) in [5, 5.41) is 2.94. The fraction of sp³-hybridized carbons (Fsp3) is 0.556. The number of aryl methyl sites for hydroxylation is 1. The van der Waals surface area contributed by atoms with Crippen LogP contribution in [0.1, 0.15) is 37.3 Å². The first-order valence-electron chi connectivity index (χ1n) is 8.08. The maximum Gasteiger partial charge on any atom is 0.246 e. The van der Waals surface area contributed by atoms with Gasteiger partial charge in [-0.25, -0.2) is 0 Å². The highest BCUT2D eigenvalue weighted by atomic mass is 16.5. The number of nitrogens with zero attached hydrogens (tertiary/aromatic N) is 1. The van der Waals surface area contributed by atoms with Gasteiger partial charge >= 0.3 is 0 Å². The summed E-state index contributed by atoms with van der Waals surface area (Å²) in [6, 6.07) is 5.86. The summed E-state index contributed by atoms with van der Waals surface area (Å²) in [7, 11) is 1.64. The van der Waals surface area contributed by atoms with Crippen molar-refractivity contribution in [3.05, 3.63) is 29.3 Å². The van der Waals surface area contributed by atoms with Crippen LogP contribution in [0.15, 0.2) is 18.2 Å². The first-order valence-corrected chi connectivity index (χ1v) is 8.08. The molecule has 1 saturated heterocycles. The minimum Gasteiger partial charge on any atom is -0.385 e. The molecule has 0 bridgehead atoms. The lowest BCUT2D eigenvalue weighted by molar-refractivity contribution is -0.127. The summed E-state index contributed by atoms with van der Waals surface area (Å²) in [5.41, 5.74) is 2.16. The summed E-state index contributed by atoms with van der Waals surface area (Å²) >= 11 is 0. The molecule has 0 aromatic heterocycles. The topological polar surface area (TPSA) is 58.6 Å². The van der Waals surface area contributed by atoms with E-state index >= 15 is 0 Å². The Kier molecular flexibility index (Phi) is 5.42. The fourth-order valence-corrected chi connectivity index (χ4v) is 3.05. The lowest BCUT2D eigenvalue weighted by Crippen LogP contribution is -2.55. The molecule has 5 heteroatoms. The number of hydrogen-bond donors (Lipinski definition) is 1. The van der Waals surface area contributed by atoms with E-state index in [1.807, 2.05) is 39.0 Å². The molecule has 23 heavy (non-hydrogen) atoms. The largest absolute Gasteiger partial charge is 0.385 e. The maximum atomic E-state index is 12.7. The van der Waals surface area contributed by atoms with Crippen LogP contribution in [0, 0.1) is 13.8 Å². The number of carbonyl (C=O) groups excluding carboxylic acids is 2. The second-order valence-corrected chi connectivity index (χ2v) is 6.32. The van der Waals surface area contributed by atoms with E-state index in [0.717, 1.165) is 23.2 Å². The van der Waals surface area contributed by atoms with Gasteiger partial charge in [0.25, 0.3) is 0 Å². The molecule has 1 aromatic rings. The van der Waals surface area contributed by atoms with Crippen LogP contribution in [-0.4, -0.2) is 37.6 Å². The molecule has 1 aliphatic rings. The number of carbonyl (C=O) groups is 2. The molecule has 0 unspecified atom stereocenters. The Hall–Kier alpha value is -1.88. The molecule has 0 saturated carbocycles. The van der Waals surface area contributed by atoms with Crippen LogP contribution < -0.4 is 10.2 Å². The highest BCUT2D eigenvalue weighted by Gasteiger charge is 2.48. The van der Waals surface area contributed by atoms with Gasteiger partial charge < -0.3 is 10.1 Å². The van der Waals surface area contributed by atoms with Gasteiger partial charge in [0.1, 0.15) is 5.54 Å². The summed E-state index contributed by atoms with van der Waals surface area (Å²) in [6.07, 6.45) is 1.69. The van der Waals surface area contributed by atoms with Crippen molar-refractivity contribution in [2.45, 2.75) is 45.6 Å². The van der Waals surface area contributed by atoms with Gasteiger partial charge in [0.05, 0.1) is 0 Å². The number of anilines is 1. The van der Waals surface area contributed by atoms with Gasteiger partial charge in [-0.2, -0.15) is 0 Å². The Bertz CT molecular complexity index is 600. The van der Waals surface area contributed by atoms with Crippen LogP contribution in [0.25, 0.3) is 0 Å². The lowest BCUT2D eigenvalue weighted by atomic mass is 9.95. The second-order valence-electron chi connectivity index (χ2n) is 6.32. The van der Waals surface area contributed by atoms with Gasteiger partial charge in [-0.15, -0.1) is 0 Å². The normalized spacial score (nSPS) is 20.9. The lowest BCUT2D eigenvalue weighted by Gasteiger charge is -2.35. The molecule has 1 N–H and O–H groups in total. The van der Waals surface area contributed by atoms with Crippen molar-refractivity contribution in [1.82, 2.24) is 5.32 Å². The highest BCUT2D eigenvalue weighted by Crippen LogP contribution is 2.37. The molecule has 0 aliphatic carbocycles. The Balaban J connectivity index is 2.24. The number of amides is 2. The van der Waals surface area contributed by atoms with E-state index in [0.29, 0.717) is 26.0 Å². The SMILES string of the molecule is COCCCNC(=O)[C@]1(C)CCC(=O)N1c1cccc(C)c1C. The zero-order chi connectivity index (χ0) is 17.0. The molecule has 1 heterocycles. The van der Waals surface area contributed by atoms with Crippen molar-refractivity contribution in [2.24, 2.45) is 0 Å². The van der Waals surface area contributed by atoms with E-state index in [4.69, 9.17) is 4.74 Å². The van der Waals surface area contributed by atoms with E-state index < -0.39 is 5.54 Å². The summed E-state index contributed by atoms with van der Waals surface area (Å²) < 4.78 is 4.99. The Morgan fingerprint density at radius 2 is 2.13 bits per heavy atom. The standard InChI is InChI=1S/C18H26N2O3/c1-13-7-5-8-15(14(13)2)20-16(21)9-10-18(20,3)17(22)19-11-6-12-23-4/h5,7-8H,6,9-12H2,1-4H3,(H,19,22)/t18-/m0/s1. The third kappa shape index (κ3) is 3.39. The molecule has 2 rings (SSSR count). The zero-order valence-corrected chi connectivity index (χ0v) is 14.4. The Labute approximate surface area is 138 Å². The van der Waals surface area contributed by atoms with Gasteiger partial charge in [0.2, 0.25) is 11.8 Å². The monoisotopic (exact) mass is 318 g/mol. The fourth-order valence-electron chi connectivity index (χ4n) is 3.05. The molecule has 126 valence electrons. The third-order valence-corrected chi connectivity index (χ3v) is 4.69. The van der Waals surface area contributed by atoms with Gasteiger partial charge in [0, 0.05) is 32.4 Å². The van der Waals surface area contributed by atoms with E-state index in [-0.39, 0.29) is 11.8 Å². The van der Waals surface area contributed by atoms with Crippen molar-refractivity contribution in [2.75, 3.05) is 25.2 Å². The van der Waals surface area contributed by atoms with Crippen molar-refractivity contribution in [3.63, 3.8) is 0 Å². The van der Waals surface area contributed by atoms with Gasteiger partial charge in [-0.05, 0) is 50.8 Å².